The first-order valence-corrected chi connectivity index (χ1v) is 8.22. The molecule has 2 fully saturated rings. The number of amides is 1. The van der Waals surface area contributed by atoms with Gasteiger partial charge in [-0.25, -0.2) is 9.59 Å². The predicted octanol–water partition coefficient (Wildman–Crippen LogP) is 1.87. The molecule has 0 unspecified atom stereocenters. The third-order valence-electron chi connectivity index (χ3n) is 4.48. The highest BCUT2D eigenvalue weighted by atomic mass is 16.6. The SMILES string of the molecule is C#CCCC[C@@H]1C[C@H]1OC(=O)N[C@H](C(=O)OC)C1CCOCC1. The summed E-state index contributed by atoms with van der Waals surface area (Å²) in [5, 5.41) is 2.67. The fraction of sp³-hybridized carbons (Fsp3) is 0.765. The molecule has 1 saturated carbocycles. The molecule has 0 aromatic heterocycles. The largest absolute Gasteiger partial charge is 0.467 e. The van der Waals surface area contributed by atoms with Crippen molar-refractivity contribution in [1.82, 2.24) is 5.32 Å². The van der Waals surface area contributed by atoms with Crippen LogP contribution in [-0.4, -0.2) is 44.5 Å². The van der Waals surface area contributed by atoms with E-state index in [2.05, 4.69) is 11.2 Å². The standard InChI is InChI=1S/C17H25NO5/c1-3-4-5-6-13-11-14(13)23-17(20)18-15(16(19)21-2)12-7-9-22-10-8-12/h1,12-15H,4-11H2,2H3,(H,18,20)/t13-,14-,15+/m1/s1. The van der Waals surface area contributed by atoms with Crippen LogP contribution in [0.2, 0.25) is 0 Å². The van der Waals surface area contributed by atoms with Crippen LogP contribution in [0.25, 0.3) is 0 Å². The van der Waals surface area contributed by atoms with Crippen molar-refractivity contribution in [1.29, 1.82) is 0 Å². The molecule has 3 atom stereocenters. The lowest BCUT2D eigenvalue weighted by molar-refractivity contribution is -0.145. The Morgan fingerprint density at radius 2 is 2.13 bits per heavy atom. The minimum atomic E-state index is -0.671. The summed E-state index contributed by atoms with van der Waals surface area (Å²) in [6.07, 6.45) is 9.62. The monoisotopic (exact) mass is 323 g/mol. The van der Waals surface area contributed by atoms with E-state index in [0.717, 1.165) is 38.5 Å². The molecule has 0 spiro atoms. The molecule has 1 aliphatic heterocycles. The predicted molar refractivity (Wildman–Crippen MR) is 83.5 cm³/mol. The van der Waals surface area contributed by atoms with Crippen molar-refractivity contribution in [2.75, 3.05) is 20.3 Å². The Bertz CT molecular complexity index is 452. The highest BCUT2D eigenvalue weighted by Gasteiger charge is 2.41. The Labute approximate surface area is 137 Å². The van der Waals surface area contributed by atoms with E-state index in [9.17, 15) is 9.59 Å². The summed E-state index contributed by atoms with van der Waals surface area (Å²) >= 11 is 0. The lowest BCUT2D eigenvalue weighted by Crippen LogP contribution is -2.48. The van der Waals surface area contributed by atoms with Crippen molar-refractivity contribution in [3.63, 3.8) is 0 Å². The Kier molecular flexibility index (Phi) is 6.72. The number of alkyl carbamates (subject to hydrolysis) is 1. The van der Waals surface area contributed by atoms with Gasteiger partial charge in [-0.1, -0.05) is 0 Å². The van der Waals surface area contributed by atoms with E-state index >= 15 is 0 Å². The molecule has 0 aromatic carbocycles. The minimum absolute atomic E-state index is 0.0226. The molecule has 1 amide bonds. The molecule has 1 saturated heterocycles. The van der Waals surface area contributed by atoms with Gasteiger partial charge in [0.15, 0.2) is 0 Å². The average Bonchev–Trinajstić information content (AvgIpc) is 3.30. The maximum Gasteiger partial charge on any atom is 0.408 e. The van der Waals surface area contributed by atoms with Crippen molar-refractivity contribution in [2.24, 2.45) is 11.8 Å². The molecule has 1 heterocycles. The minimum Gasteiger partial charge on any atom is -0.467 e. The van der Waals surface area contributed by atoms with Crippen LogP contribution in [0.4, 0.5) is 4.79 Å². The quantitative estimate of drug-likeness (QED) is 0.440. The van der Waals surface area contributed by atoms with Gasteiger partial charge in [-0.05, 0) is 43.9 Å². The van der Waals surface area contributed by atoms with Crippen LogP contribution in [0.3, 0.4) is 0 Å². The molecular weight excluding hydrogens is 298 g/mol. The van der Waals surface area contributed by atoms with E-state index in [4.69, 9.17) is 20.6 Å². The zero-order chi connectivity index (χ0) is 16.7. The number of hydrogen-bond acceptors (Lipinski definition) is 5. The molecule has 1 N–H and O–H groups in total. The summed E-state index contributed by atoms with van der Waals surface area (Å²) in [6, 6.07) is -0.671. The molecule has 6 heteroatoms. The molecular formula is C17H25NO5. The van der Waals surface area contributed by atoms with E-state index in [1.807, 2.05) is 0 Å². The number of ether oxygens (including phenoxy) is 3. The third-order valence-corrected chi connectivity index (χ3v) is 4.48. The van der Waals surface area contributed by atoms with Gasteiger partial charge in [0.1, 0.15) is 12.1 Å². The fourth-order valence-corrected chi connectivity index (χ4v) is 2.98. The number of esters is 1. The normalized spacial score (nSPS) is 25.0. The van der Waals surface area contributed by atoms with Gasteiger partial charge < -0.3 is 19.5 Å². The van der Waals surface area contributed by atoms with Crippen molar-refractivity contribution >= 4 is 12.1 Å². The number of rotatable bonds is 7. The number of hydrogen-bond donors (Lipinski definition) is 1. The van der Waals surface area contributed by atoms with E-state index in [0.29, 0.717) is 19.1 Å². The smallest absolute Gasteiger partial charge is 0.408 e. The second-order valence-electron chi connectivity index (χ2n) is 6.13. The van der Waals surface area contributed by atoms with E-state index in [1.54, 1.807) is 0 Å². The van der Waals surface area contributed by atoms with Crippen LogP contribution >= 0.6 is 0 Å². The Morgan fingerprint density at radius 1 is 1.39 bits per heavy atom. The lowest BCUT2D eigenvalue weighted by atomic mass is 9.92. The maximum atomic E-state index is 12.0. The van der Waals surface area contributed by atoms with E-state index in [-0.39, 0.29) is 12.0 Å². The van der Waals surface area contributed by atoms with Crippen molar-refractivity contribution in [3.8, 4) is 12.3 Å². The van der Waals surface area contributed by atoms with Gasteiger partial charge in [0.2, 0.25) is 0 Å². The summed E-state index contributed by atoms with van der Waals surface area (Å²) in [5.41, 5.74) is 0. The number of methoxy groups -OCH3 is 1. The second-order valence-corrected chi connectivity index (χ2v) is 6.13. The first-order chi connectivity index (χ1) is 11.2. The number of unbranched alkanes of at least 4 members (excludes halogenated alkanes) is 1. The summed E-state index contributed by atoms with van der Waals surface area (Å²) < 4.78 is 15.5. The van der Waals surface area contributed by atoms with Crippen LogP contribution in [0.5, 0.6) is 0 Å². The second kappa shape index (κ2) is 8.78. The fourth-order valence-electron chi connectivity index (χ4n) is 2.98. The van der Waals surface area contributed by atoms with Gasteiger partial charge in [-0.2, -0.15) is 0 Å². The van der Waals surface area contributed by atoms with Crippen LogP contribution in [0.1, 0.15) is 38.5 Å². The first kappa shape index (κ1) is 17.6. The van der Waals surface area contributed by atoms with E-state index < -0.39 is 18.1 Å². The number of terminal acetylenes is 1. The Hall–Kier alpha value is -1.74. The van der Waals surface area contributed by atoms with Gasteiger partial charge >= 0.3 is 12.1 Å². The topological polar surface area (TPSA) is 73.9 Å². The molecule has 0 bridgehead atoms. The molecule has 1 aliphatic carbocycles. The van der Waals surface area contributed by atoms with Gasteiger partial charge in [0, 0.05) is 19.6 Å². The highest BCUT2D eigenvalue weighted by molar-refractivity contribution is 5.81. The van der Waals surface area contributed by atoms with Crippen LogP contribution in [0, 0.1) is 24.2 Å². The average molecular weight is 323 g/mol. The molecule has 23 heavy (non-hydrogen) atoms. The van der Waals surface area contributed by atoms with Crippen molar-refractivity contribution in [2.45, 2.75) is 50.7 Å². The number of carbonyl (C=O) groups is 2. The van der Waals surface area contributed by atoms with Gasteiger partial charge in [-0.3, -0.25) is 0 Å². The van der Waals surface area contributed by atoms with Crippen LogP contribution in [0.15, 0.2) is 0 Å². The third kappa shape index (κ3) is 5.43. The van der Waals surface area contributed by atoms with Crippen LogP contribution < -0.4 is 5.32 Å². The lowest BCUT2D eigenvalue weighted by Gasteiger charge is -2.28. The summed E-state index contributed by atoms with van der Waals surface area (Å²) in [7, 11) is 1.32. The van der Waals surface area contributed by atoms with Gasteiger partial charge in [0.05, 0.1) is 7.11 Å². The zero-order valence-electron chi connectivity index (χ0n) is 13.6. The van der Waals surface area contributed by atoms with E-state index in [1.165, 1.54) is 7.11 Å². The van der Waals surface area contributed by atoms with Crippen LogP contribution in [-0.2, 0) is 19.0 Å². The molecule has 2 aliphatic rings. The van der Waals surface area contributed by atoms with Gasteiger partial charge in [0.25, 0.3) is 0 Å². The van der Waals surface area contributed by atoms with Crippen molar-refractivity contribution < 1.29 is 23.8 Å². The summed E-state index contributed by atoms with van der Waals surface area (Å²) in [5.74, 6) is 2.59. The Morgan fingerprint density at radius 3 is 2.78 bits per heavy atom. The molecule has 128 valence electrons. The first-order valence-electron chi connectivity index (χ1n) is 8.22. The molecule has 0 radical (unpaired) electrons. The van der Waals surface area contributed by atoms with Crippen molar-refractivity contribution in [3.05, 3.63) is 0 Å². The Balaban J connectivity index is 1.77. The van der Waals surface area contributed by atoms with Gasteiger partial charge in [-0.15, -0.1) is 12.3 Å². The summed E-state index contributed by atoms with van der Waals surface area (Å²) in [6.45, 7) is 1.18. The molecule has 2 rings (SSSR count). The summed E-state index contributed by atoms with van der Waals surface area (Å²) in [4.78, 5) is 24.0. The zero-order valence-corrected chi connectivity index (χ0v) is 13.6. The maximum absolute atomic E-state index is 12.0. The molecule has 0 aromatic rings. The molecule has 6 nitrogen and oxygen atoms in total. The number of carbonyl (C=O) groups excluding carboxylic acids is 2. The number of nitrogens with one attached hydrogen (secondary N) is 1. The highest BCUT2D eigenvalue weighted by Crippen LogP contribution is 2.38.